The number of aryl methyl sites for hydroxylation is 1. The van der Waals surface area contributed by atoms with Crippen LogP contribution in [0.1, 0.15) is 30.0 Å². The number of ether oxygens (including phenoxy) is 3. The SMILES string of the molecule is CCCOc1ccc(N2C(=O)NC(=O)/C(=C/c3ccc(OC)cc3OCc3ccc(C)cc3)C2=O)cc1. The van der Waals surface area contributed by atoms with E-state index in [2.05, 4.69) is 5.32 Å². The molecule has 0 atom stereocenters. The molecule has 1 N–H and O–H groups in total. The summed E-state index contributed by atoms with van der Waals surface area (Å²) >= 11 is 0. The number of hydrogen-bond donors (Lipinski definition) is 1. The Kier molecular flexibility index (Phi) is 7.88. The molecular weight excluding hydrogens is 472 g/mol. The van der Waals surface area contributed by atoms with E-state index in [1.54, 1.807) is 42.5 Å². The minimum atomic E-state index is -0.819. The van der Waals surface area contributed by atoms with E-state index in [0.29, 0.717) is 35.1 Å². The highest BCUT2D eigenvalue weighted by Crippen LogP contribution is 2.30. The van der Waals surface area contributed by atoms with Crippen LogP contribution in [0.5, 0.6) is 17.2 Å². The summed E-state index contributed by atoms with van der Waals surface area (Å²) in [6.07, 6.45) is 2.27. The molecule has 4 rings (SSSR count). The number of hydrogen-bond acceptors (Lipinski definition) is 6. The summed E-state index contributed by atoms with van der Waals surface area (Å²) in [4.78, 5) is 39.5. The van der Waals surface area contributed by atoms with Crippen LogP contribution in [0.2, 0.25) is 0 Å². The highest BCUT2D eigenvalue weighted by Gasteiger charge is 2.37. The van der Waals surface area contributed by atoms with E-state index in [-0.39, 0.29) is 12.2 Å². The maximum Gasteiger partial charge on any atom is 0.335 e. The topological polar surface area (TPSA) is 94.2 Å². The molecule has 37 heavy (non-hydrogen) atoms. The number of nitrogens with zero attached hydrogens (tertiary/aromatic N) is 1. The zero-order valence-electron chi connectivity index (χ0n) is 20.9. The Labute approximate surface area is 215 Å². The average Bonchev–Trinajstić information content (AvgIpc) is 2.90. The molecule has 8 nitrogen and oxygen atoms in total. The number of urea groups is 1. The van der Waals surface area contributed by atoms with Gasteiger partial charge in [-0.05, 0) is 61.4 Å². The number of carbonyl (C=O) groups excluding carboxylic acids is 3. The van der Waals surface area contributed by atoms with Crippen molar-refractivity contribution in [3.8, 4) is 17.2 Å². The van der Waals surface area contributed by atoms with E-state index >= 15 is 0 Å². The van der Waals surface area contributed by atoms with Gasteiger partial charge in [0.15, 0.2) is 0 Å². The van der Waals surface area contributed by atoms with Gasteiger partial charge in [0.1, 0.15) is 29.4 Å². The molecule has 8 heteroatoms. The first-order valence-corrected chi connectivity index (χ1v) is 11.9. The second-order valence-corrected chi connectivity index (χ2v) is 8.48. The molecule has 1 fully saturated rings. The van der Waals surface area contributed by atoms with Crippen molar-refractivity contribution < 1.29 is 28.6 Å². The molecule has 4 amide bonds. The molecule has 0 bridgehead atoms. The zero-order chi connectivity index (χ0) is 26.4. The molecule has 190 valence electrons. The van der Waals surface area contributed by atoms with Crippen molar-refractivity contribution in [2.75, 3.05) is 18.6 Å². The highest BCUT2D eigenvalue weighted by molar-refractivity contribution is 6.39. The van der Waals surface area contributed by atoms with Gasteiger partial charge in [0.25, 0.3) is 11.8 Å². The van der Waals surface area contributed by atoms with E-state index in [9.17, 15) is 14.4 Å². The summed E-state index contributed by atoms with van der Waals surface area (Å²) in [5.41, 5.74) is 2.71. The van der Waals surface area contributed by atoms with Crippen LogP contribution >= 0.6 is 0 Å². The third kappa shape index (κ3) is 5.98. The van der Waals surface area contributed by atoms with Gasteiger partial charge in [-0.2, -0.15) is 0 Å². The number of anilines is 1. The van der Waals surface area contributed by atoms with Crippen molar-refractivity contribution >= 4 is 29.6 Å². The third-order valence-corrected chi connectivity index (χ3v) is 5.70. The number of amides is 4. The lowest BCUT2D eigenvalue weighted by Crippen LogP contribution is -2.54. The molecule has 0 unspecified atom stereocenters. The zero-order valence-corrected chi connectivity index (χ0v) is 20.9. The normalized spacial score (nSPS) is 14.5. The molecule has 0 aliphatic carbocycles. The number of methoxy groups -OCH3 is 1. The van der Waals surface area contributed by atoms with Crippen LogP contribution in [0, 0.1) is 6.92 Å². The lowest BCUT2D eigenvalue weighted by atomic mass is 10.1. The van der Waals surface area contributed by atoms with Gasteiger partial charge in [-0.15, -0.1) is 0 Å². The fourth-order valence-corrected chi connectivity index (χ4v) is 3.69. The molecule has 0 aromatic heterocycles. The summed E-state index contributed by atoms with van der Waals surface area (Å²) in [5.74, 6) is 0.0817. The van der Waals surface area contributed by atoms with Gasteiger partial charge >= 0.3 is 6.03 Å². The largest absolute Gasteiger partial charge is 0.497 e. The maximum atomic E-state index is 13.3. The van der Waals surface area contributed by atoms with Crippen LogP contribution in [-0.4, -0.2) is 31.6 Å². The summed E-state index contributed by atoms with van der Waals surface area (Å²) in [6, 6.07) is 18.7. The Morgan fingerprint density at radius 2 is 1.59 bits per heavy atom. The monoisotopic (exact) mass is 500 g/mol. The van der Waals surface area contributed by atoms with Crippen molar-refractivity contribution in [2.45, 2.75) is 26.9 Å². The van der Waals surface area contributed by atoms with Crippen LogP contribution in [0.15, 0.2) is 72.3 Å². The first kappa shape index (κ1) is 25.5. The molecule has 3 aromatic carbocycles. The quantitative estimate of drug-likeness (QED) is 0.327. The first-order valence-electron chi connectivity index (χ1n) is 11.9. The molecule has 0 radical (unpaired) electrons. The fourth-order valence-electron chi connectivity index (χ4n) is 3.69. The lowest BCUT2D eigenvalue weighted by Gasteiger charge is -2.26. The second-order valence-electron chi connectivity index (χ2n) is 8.48. The van der Waals surface area contributed by atoms with Crippen molar-refractivity contribution in [2.24, 2.45) is 0 Å². The Hall–Kier alpha value is -4.59. The summed E-state index contributed by atoms with van der Waals surface area (Å²) in [5, 5.41) is 2.24. The Balaban J connectivity index is 1.63. The van der Waals surface area contributed by atoms with E-state index in [0.717, 1.165) is 22.4 Å². The smallest absolute Gasteiger partial charge is 0.335 e. The first-order chi connectivity index (χ1) is 17.9. The van der Waals surface area contributed by atoms with Gasteiger partial charge < -0.3 is 14.2 Å². The van der Waals surface area contributed by atoms with Gasteiger partial charge in [-0.25, -0.2) is 9.69 Å². The van der Waals surface area contributed by atoms with Crippen LogP contribution in [0.4, 0.5) is 10.5 Å². The van der Waals surface area contributed by atoms with Crippen LogP contribution < -0.4 is 24.4 Å². The van der Waals surface area contributed by atoms with Gasteiger partial charge in [0.2, 0.25) is 0 Å². The predicted molar refractivity (Wildman–Crippen MR) is 140 cm³/mol. The van der Waals surface area contributed by atoms with Crippen LogP contribution in [0.25, 0.3) is 6.08 Å². The lowest BCUT2D eigenvalue weighted by molar-refractivity contribution is -0.122. The fraction of sp³-hybridized carbons (Fsp3) is 0.207. The maximum absolute atomic E-state index is 13.3. The van der Waals surface area contributed by atoms with Gasteiger partial charge in [-0.1, -0.05) is 36.8 Å². The third-order valence-electron chi connectivity index (χ3n) is 5.70. The van der Waals surface area contributed by atoms with Crippen molar-refractivity contribution in [3.63, 3.8) is 0 Å². The minimum absolute atomic E-state index is 0.198. The summed E-state index contributed by atoms with van der Waals surface area (Å²) in [6.45, 7) is 4.84. The standard InChI is InChI=1S/C29H28N2O6/c1-4-15-36-23-13-10-22(11-14-23)31-28(33)25(27(32)30-29(31)34)16-21-9-12-24(35-3)17-26(21)37-18-20-7-5-19(2)6-8-20/h5-14,16-17H,4,15,18H2,1-3H3,(H,30,32,34)/b25-16-. The number of rotatable bonds is 9. The summed E-state index contributed by atoms with van der Waals surface area (Å²) in [7, 11) is 1.54. The molecular formula is C29H28N2O6. The number of benzene rings is 3. The minimum Gasteiger partial charge on any atom is -0.497 e. The van der Waals surface area contributed by atoms with E-state index in [1.807, 2.05) is 38.1 Å². The average molecular weight is 501 g/mol. The number of imide groups is 2. The van der Waals surface area contributed by atoms with Crippen molar-refractivity contribution in [1.82, 2.24) is 5.32 Å². The molecule has 1 saturated heterocycles. The molecule has 0 spiro atoms. The predicted octanol–water partition coefficient (Wildman–Crippen LogP) is 5.04. The molecule has 0 saturated carbocycles. The Morgan fingerprint density at radius 1 is 0.892 bits per heavy atom. The van der Waals surface area contributed by atoms with E-state index in [4.69, 9.17) is 14.2 Å². The number of barbiturate groups is 1. The second kappa shape index (κ2) is 11.4. The van der Waals surface area contributed by atoms with Gasteiger partial charge in [0, 0.05) is 11.6 Å². The highest BCUT2D eigenvalue weighted by atomic mass is 16.5. The molecule has 3 aromatic rings. The number of nitrogens with one attached hydrogen (secondary N) is 1. The summed E-state index contributed by atoms with van der Waals surface area (Å²) < 4.78 is 16.9. The van der Waals surface area contributed by atoms with Crippen LogP contribution in [-0.2, 0) is 16.2 Å². The van der Waals surface area contributed by atoms with E-state index in [1.165, 1.54) is 13.2 Å². The Morgan fingerprint density at radius 3 is 2.27 bits per heavy atom. The van der Waals surface area contributed by atoms with Gasteiger partial charge in [-0.3, -0.25) is 14.9 Å². The van der Waals surface area contributed by atoms with Gasteiger partial charge in [0.05, 0.1) is 19.4 Å². The molecule has 1 aliphatic rings. The number of carbonyl (C=O) groups is 3. The molecule has 1 aliphatic heterocycles. The molecule has 1 heterocycles. The van der Waals surface area contributed by atoms with Crippen molar-refractivity contribution in [3.05, 3.63) is 89.0 Å². The van der Waals surface area contributed by atoms with Crippen LogP contribution in [0.3, 0.4) is 0 Å². The Bertz CT molecular complexity index is 1330. The van der Waals surface area contributed by atoms with E-state index < -0.39 is 17.8 Å². The van der Waals surface area contributed by atoms with Crippen molar-refractivity contribution in [1.29, 1.82) is 0 Å².